The number of fused-ring (bicyclic) bond motifs is 5. The van der Waals surface area contributed by atoms with Gasteiger partial charge in [-0.05, 0) is 98.2 Å². The lowest BCUT2D eigenvalue weighted by Gasteiger charge is -2.58. The molecule has 0 aromatic rings. The molecular formula is C26H43NO3. The molecule has 0 bridgehead atoms. The summed E-state index contributed by atoms with van der Waals surface area (Å²) in [4.78, 5) is 17.3. The third-order valence-electron chi connectivity index (χ3n) is 10.3. The monoisotopic (exact) mass is 417 g/mol. The highest BCUT2D eigenvalue weighted by Crippen LogP contribution is 2.67. The van der Waals surface area contributed by atoms with E-state index < -0.39 is 0 Å². The topological polar surface area (TPSA) is 49.8 Å². The first-order valence-corrected chi connectivity index (χ1v) is 12.4. The number of allylic oxidation sites excluding steroid dienone is 1. The van der Waals surface area contributed by atoms with Crippen molar-refractivity contribution in [2.45, 2.75) is 91.1 Å². The van der Waals surface area contributed by atoms with Crippen LogP contribution in [0.25, 0.3) is 0 Å². The van der Waals surface area contributed by atoms with Crippen molar-refractivity contribution in [3.8, 4) is 0 Å². The van der Waals surface area contributed by atoms with Crippen molar-refractivity contribution in [1.29, 1.82) is 0 Å². The third kappa shape index (κ3) is 3.56. The standard InChI is InChI=1S/C26H43NO3/c1-17(6-11-24(29)27(4)30-5)21-9-10-22-20-8-7-18-16-19(28)12-14-25(18,2)23(20)13-15-26(21,22)3/h7,17,19-23,28H,6,8-16H2,1-5H3/t17-,19+,20+,21-,22?,23?,25+,26-/m1/s1. The van der Waals surface area contributed by atoms with E-state index in [0.29, 0.717) is 23.2 Å². The van der Waals surface area contributed by atoms with E-state index in [0.717, 1.165) is 42.9 Å². The van der Waals surface area contributed by atoms with Crippen LogP contribution in [0.3, 0.4) is 0 Å². The predicted molar refractivity (Wildman–Crippen MR) is 119 cm³/mol. The zero-order valence-corrected chi connectivity index (χ0v) is 19.8. The summed E-state index contributed by atoms with van der Waals surface area (Å²) in [6, 6.07) is 0. The summed E-state index contributed by atoms with van der Waals surface area (Å²) in [6.07, 6.45) is 13.6. The van der Waals surface area contributed by atoms with Crippen molar-refractivity contribution in [3.63, 3.8) is 0 Å². The summed E-state index contributed by atoms with van der Waals surface area (Å²) < 4.78 is 0. The lowest BCUT2D eigenvalue weighted by Crippen LogP contribution is -2.50. The van der Waals surface area contributed by atoms with E-state index in [9.17, 15) is 9.90 Å². The minimum absolute atomic E-state index is 0.0881. The molecule has 0 aliphatic heterocycles. The van der Waals surface area contributed by atoms with Gasteiger partial charge in [-0.1, -0.05) is 32.4 Å². The molecule has 0 heterocycles. The van der Waals surface area contributed by atoms with Crippen molar-refractivity contribution in [2.24, 2.45) is 40.4 Å². The number of amides is 1. The summed E-state index contributed by atoms with van der Waals surface area (Å²) in [5.41, 5.74) is 2.31. The van der Waals surface area contributed by atoms with Gasteiger partial charge in [0.2, 0.25) is 5.91 Å². The molecule has 3 saturated carbocycles. The van der Waals surface area contributed by atoms with Gasteiger partial charge in [-0.25, -0.2) is 5.06 Å². The first-order valence-electron chi connectivity index (χ1n) is 12.4. The average Bonchev–Trinajstić information content (AvgIpc) is 3.09. The second kappa shape index (κ2) is 8.24. The minimum Gasteiger partial charge on any atom is -0.393 e. The van der Waals surface area contributed by atoms with Crippen molar-refractivity contribution in [2.75, 3.05) is 14.2 Å². The molecule has 4 heteroatoms. The molecule has 4 aliphatic rings. The van der Waals surface area contributed by atoms with E-state index in [1.54, 1.807) is 19.7 Å². The highest BCUT2D eigenvalue weighted by Gasteiger charge is 2.59. The Labute approximate surface area is 183 Å². The second-order valence-electron chi connectivity index (χ2n) is 11.5. The van der Waals surface area contributed by atoms with Crippen molar-refractivity contribution in [3.05, 3.63) is 11.6 Å². The molecule has 30 heavy (non-hydrogen) atoms. The van der Waals surface area contributed by atoms with Crippen molar-refractivity contribution >= 4 is 5.91 Å². The summed E-state index contributed by atoms with van der Waals surface area (Å²) in [5.74, 6) is 3.84. The van der Waals surface area contributed by atoms with E-state index in [4.69, 9.17) is 4.84 Å². The summed E-state index contributed by atoms with van der Waals surface area (Å²) >= 11 is 0. The van der Waals surface area contributed by atoms with Crippen molar-refractivity contribution < 1.29 is 14.7 Å². The number of hydroxylamine groups is 2. The number of aliphatic hydroxyl groups is 1. The van der Waals surface area contributed by atoms with Gasteiger partial charge in [-0.15, -0.1) is 0 Å². The van der Waals surface area contributed by atoms with Crippen LogP contribution in [0.5, 0.6) is 0 Å². The Morgan fingerprint density at radius 1 is 1.23 bits per heavy atom. The molecular weight excluding hydrogens is 374 g/mol. The van der Waals surface area contributed by atoms with Crippen molar-refractivity contribution in [1.82, 2.24) is 5.06 Å². The number of carbonyl (C=O) groups excluding carboxylic acids is 1. The molecule has 4 nitrogen and oxygen atoms in total. The van der Waals surface area contributed by atoms with Crippen LogP contribution in [0.1, 0.15) is 85.0 Å². The lowest BCUT2D eigenvalue weighted by molar-refractivity contribution is -0.169. The van der Waals surface area contributed by atoms with Crippen LogP contribution >= 0.6 is 0 Å². The van der Waals surface area contributed by atoms with Crippen LogP contribution in [0.2, 0.25) is 0 Å². The molecule has 8 atom stereocenters. The smallest absolute Gasteiger partial charge is 0.245 e. The number of rotatable bonds is 5. The fourth-order valence-electron chi connectivity index (χ4n) is 8.43. The fourth-order valence-corrected chi connectivity index (χ4v) is 8.43. The Kier molecular flexibility index (Phi) is 6.13. The van der Waals surface area contributed by atoms with Gasteiger partial charge in [0.1, 0.15) is 0 Å². The lowest BCUT2D eigenvalue weighted by atomic mass is 9.47. The number of nitrogens with zero attached hydrogens (tertiary/aromatic N) is 1. The molecule has 1 amide bonds. The summed E-state index contributed by atoms with van der Waals surface area (Å²) in [5, 5.41) is 11.6. The Bertz CT molecular complexity index is 690. The van der Waals surface area contributed by atoms with Gasteiger partial charge >= 0.3 is 0 Å². The molecule has 4 rings (SSSR count). The maximum absolute atomic E-state index is 12.2. The molecule has 4 aliphatic carbocycles. The van der Waals surface area contributed by atoms with Crippen LogP contribution in [0.15, 0.2) is 11.6 Å². The third-order valence-corrected chi connectivity index (χ3v) is 10.3. The molecule has 0 saturated heterocycles. The Morgan fingerprint density at radius 3 is 2.73 bits per heavy atom. The fraction of sp³-hybridized carbons (Fsp3) is 0.885. The van der Waals surface area contributed by atoms with Crippen LogP contribution in [0, 0.1) is 40.4 Å². The number of aliphatic hydroxyl groups excluding tert-OH is 1. The molecule has 3 fully saturated rings. The van der Waals surface area contributed by atoms with Gasteiger partial charge in [0.15, 0.2) is 0 Å². The highest BCUT2D eigenvalue weighted by molar-refractivity contribution is 5.74. The van der Waals surface area contributed by atoms with E-state index in [-0.39, 0.29) is 12.0 Å². The van der Waals surface area contributed by atoms with E-state index in [2.05, 4.69) is 26.8 Å². The number of carbonyl (C=O) groups is 1. The molecule has 1 N–H and O–H groups in total. The average molecular weight is 418 g/mol. The first-order chi connectivity index (χ1) is 14.2. The van der Waals surface area contributed by atoms with Crippen LogP contribution < -0.4 is 0 Å². The molecule has 170 valence electrons. The van der Waals surface area contributed by atoms with Crippen LogP contribution in [0.4, 0.5) is 0 Å². The summed E-state index contributed by atoms with van der Waals surface area (Å²) in [7, 11) is 3.26. The minimum atomic E-state index is -0.119. The highest BCUT2D eigenvalue weighted by atomic mass is 16.7. The Balaban J connectivity index is 1.47. The Hall–Kier alpha value is -0.870. The molecule has 0 spiro atoms. The molecule has 0 aromatic carbocycles. The maximum atomic E-state index is 12.2. The van der Waals surface area contributed by atoms with Gasteiger partial charge in [-0.2, -0.15) is 0 Å². The van der Waals surface area contributed by atoms with Crippen LogP contribution in [-0.2, 0) is 9.63 Å². The normalized spacial score (nSPS) is 43.8. The maximum Gasteiger partial charge on any atom is 0.245 e. The largest absolute Gasteiger partial charge is 0.393 e. The zero-order valence-electron chi connectivity index (χ0n) is 19.8. The van der Waals surface area contributed by atoms with Gasteiger partial charge < -0.3 is 5.11 Å². The predicted octanol–water partition coefficient (Wildman–Crippen LogP) is 5.36. The molecule has 0 radical (unpaired) electrons. The van der Waals surface area contributed by atoms with E-state index >= 15 is 0 Å². The van der Waals surface area contributed by atoms with Gasteiger partial charge in [0.25, 0.3) is 0 Å². The first kappa shape index (κ1) is 22.3. The quantitative estimate of drug-likeness (QED) is 0.484. The zero-order chi connectivity index (χ0) is 21.7. The molecule has 2 unspecified atom stereocenters. The second-order valence-corrected chi connectivity index (χ2v) is 11.5. The van der Waals surface area contributed by atoms with Gasteiger partial charge in [0, 0.05) is 13.5 Å². The molecule has 0 aromatic heterocycles. The Morgan fingerprint density at radius 2 is 2.00 bits per heavy atom. The van der Waals surface area contributed by atoms with E-state index in [1.807, 2.05) is 0 Å². The van der Waals surface area contributed by atoms with Gasteiger partial charge in [-0.3, -0.25) is 9.63 Å². The number of hydrogen-bond donors (Lipinski definition) is 1. The van der Waals surface area contributed by atoms with E-state index in [1.165, 1.54) is 43.6 Å². The SMILES string of the molecule is CON(C)C(=O)CC[C@@H](C)[C@H]1CCC2[C@@H]3CC=C4C[C@@H](O)CC[C@]4(C)C3CC[C@@]21C. The van der Waals surface area contributed by atoms with Gasteiger partial charge in [0.05, 0.1) is 13.2 Å². The number of hydrogen-bond acceptors (Lipinski definition) is 3. The summed E-state index contributed by atoms with van der Waals surface area (Å²) in [6.45, 7) is 7.47. The van der Waals surface area contributed by atoms with Crippen LogP contribution in [-0.4, -0.2) is 36.3 Å².